The number of amides is 1. The number of carbonyl (C=O) groups excluding carboxylic acids is 1. The third kappa shape index (κ3) is 7.18. The van der Waals surface area contributed by atoms with Gasteiger partial charge in [0.25, 0.3) is 5.91 Å². The van der Waals surface area contributed by atoms with Gasteiger partial charge in [-0.1, -0.05) is 6.07 Å². The lowest BCUT2D eigenvalue weighted by atomic mass is 10.00. The van der Waals surface area contributed by atoms with Crippen LogP contribution in [0.4, 0.5) is 23.4 Å². The number of halogens is 4. The molecule has 37 heavy (non-hydrogen) atoms. The fourth-order valence-electron chi connectivity index (χ4n) is 4.91. The Kier molecular flexibility index (Phi) is 8.31. The summed E-state index contributed by atoms with van der Waals surface area (Å²) in [5.41, 5.74) is 0.409. The lowest BCUT2D eigenvalue weighted by molar-refractivity contribution is -0.140. The van der Waals surface area contributed by atoms with Gasteiger partial charge in [0.05, 0.1) is 5.56 Å². The molecule has 1 aromatic carbocycles. The Hall–Kier alpha value is -3.21. The Morgan fingerprint density at radius 2 is 2.05 bits per heavy atom. The topological polar surface area (TPSA) is 94.6 Å². The van der Waals surface area contributed by atoms with Crippen LogP contribution in [0.15, 0.2) is 30.3 Å². The summed E-state index contributed by atoms with van der Waals surface area (Å²) in [6, 6.07) is 4.36. The number of anilines is 1. The molecule has 2 unspecified atom stereocenters. The highest BCUT2D eigenvalue weighted by Gasteiger charge is 2.32. The standard InChI is InChI=1S/C26H30F4N4O3/c27-20-13-18(12-19(14-20)26(28,29)30)24(35)33-22(25(36)37)8-11-34-10-7-16(15-34)3-5-21-6-4-17-2-1-9-31-23(17)32-21/h4,6,12-14,16,22H,1-3,5,7-11,15H2,(H,31,32)(H,33,35)(H,36,37). The molecule has 0 saturated carbocycles. The van der Waals surface area contributed by atoms with E-state index in [2.05, 4.69) is 27.7 Å². The molecule has 3 heterocycles. The van der Waals surface area contributed by atoms with Crippen molar-refractivity contribution in [1.82, 2.24) is 15.2 Å². The molecule has 0 spiro atoms. The highest BCUT2D eigenvalue weighted by atomic mass is 19.4. The second-order valence-corrected chi connectivity index (χ2v) is 9.71. The minimum Gasteiger partial charge on any atom is -0.480 e. The number of benzene rings is 1. The minimum atomic E-state index is -4.83. The van der Waals surface area contributed by atoms with Crippen molar-refractivity contribution in [2.45, 2.75) is 50.7 Å². The normalized spacial score (nSPS) is 18.6. The zero-order valence-electron chi connectivity index (χ0n) is 20.3. The van der Waals surface area contributed by atoms with Gasteiger partial charge in [0.15, 0.2) is 0 Å². The molecule has 1 amide bonds. The van der Waals surface area contributed by atoms with Gasteiger partial charge in [-0.3, -0.25) is 4.79 Å². The van der Waals surface area contributed by atoms with Crippen molar-refractivity contribution in [2.75, 3.05) is 31.5 Å². The molecule has 200 valence electrons. The van der Waals surface area contributed by atoms with Crippen LogP contribution >= 0.6 is 0 Å². The average Bonchev–Trinajstić information content (AvgIpc) is 3.31. The van der Waals surface area contributed by atoms with Gasteiger partial charge in [-0.05, 0) is 80.8 Å². The van der Waals surface area contributed by atoms with E-state index < -0.39 is 41.0 Å². The number of aliphatic carboxylic acids is 1. The van der Waals surface area contributed by atoms with Crippen LogP contribution < -0.4 is 10.6 Å². The number of hydrogen-bond acceptors (Lipinski definition) is 5. The molecule has 3 N–H and O–H groups in total. The number of aromatic nitrogens is 1. The number of pyridine rings is 1. The number of fused-ring (bicyclic) bond motifs is 1. The van der Waals surface area contributed by atoms with E-state index in [1.54, 1.807) is 0 Å². The van der Waals surface area contributed by atoms with Crippen LogP contribution in [0.25, 0.3) is 0 Å². The van der Waals surface area contributed by atoms with Crippen LogP contribution in [0.5, 0.6) is 0 Å². The molecule has 0 aliphatic carbocycles. The largest absolute Gasteiger partial charge is 0.480 e. The summed E-state index contributed by atoms with van der Waals surface area (Å²) in [5, 5.41) is 15.1. The summed E-state index contributed by atoms with van der Waals surface area (Å²) < 4.78 is 52.5. The number of hydrogen-bond donors (Lipinski definition) is 3. The summed E-state index contributed by atoms with van der Waals surface area (Å²) >= 11 is 0. The molecule has 7 nitrogen and oxygen atoms in total. The molecule has 2 aliphatic heterocycles. The van der Waals surface area contributed by atoms with Crippen LogP contribution in [0.1, 0.15) is 52.9 Å². The minimum absolute atomic E-state index is 0.0767. The van der Waals surface area contributed by atoms with E-state index in [-0.39, 0.29) is 12.5 Å². The fraction of sp³-hybridized carbons (Fsp3) is 0.500. The molecule has 1 fully saturated rings. The highest BCUT2D eigenvalue weighted by Crippen LogP contribution is 2.30. The van der Waals surface area contributed by atoms with E-state index in [4.69, 9.17) is 4.98 Å². The maximum Gasteiger partial charge on any atom is 0.416 e. The van der Waals surface area contributed by atoms with E-state index in [0.29, 0.717) is 24.6 Å². The number of carbonyl (C=O) groups is 2. The van der Waals surface area contributed by atoms with E-state index in [1.807, 2.05) is 0 Å². The lowest BCUT2D eigenvalue weighted by Gasteiger charge is -2.20. The molecule has 11 heteroatoms. The number of likely N-dealkylation sites (tertiary alicyclic amines) is 1. The maximum atomic E-state index is 13.6. The van der Waals surface area contributed by atoms with Crippen molar-refractivity contribution < 1.29 is 32.3 Å². The van der Waals surface area contributed by atoms with Gasteiger partial charge < -0.3 is 20.6 Å². The molecule has 0 radical (unpaired) electrons. The first-order valence-corrected chi connectivity index (χ1v) is 12.4. The smallest absolute Gasteiger partial charge is 0.416 e. The lowest BCUT2D eigenvalue weighted by Crippen LogP contribution is -2.43. The number of rotatable bonds is 9. The average molecular weight is 523 g/mol. The number of carboxylic acid groups (broad SMARTS) is 1. The Balaban J connectivity index is 1.26. The van der Waals surface area contributed by atoms with Crippen molar-refractivity contribution in [3.05, 3.63) is 58.5 Å². The van der Waals surface area contributed by atoms with Crippen molar-refractivity contribution in [3.63, 3.8) is 0 Å². The fourth-order valence-corrected chi connectivity index (χ4v) is 4.91. The first kappa shape index (κ1) is 26.8. The highest BCUT2D eigenvalue weighted by molar-refractivity contribution is 5.96. The van der Waals surface area contributed by atoms with Crippen molar-refractivity contribution >= 4 is 17.7 Å². The number of carboxylic acids is 1. The van der Waals surface area contributed by atoms with E-state index >= 15 is 0 Å². The quantitative estimate of drug-likeness (QED) is 0.429. The number of alkyl halides is 3. The van der Waals surface area contributed by atoms with Crippen molar-refractivity contribution in [1.29, 1.82) is 0 Å². The van der Waals surface area contributed by atoms with Gasteiger partial charge in [0.2, 0.25) is 0 Å². The molecule has 2 atom stereocenters. The predicted octanol–water partition coefficient (Wildman–Crippen LogP) is 4.13. The van der Waals surface area contributed by atoms with Gasteiger partial charge in [-0.15, -0.1) is 0 Å². The predicted molar refractivity (Wildman–Crippen MR) is 129 cm³/mol. The molecule has 2 aliphatic rings. The summed E-state index contributed by atoms with van der Waals surface area (Å²) in [5.74, 6) is -2.17. The maximum absolute atomic E-state index is 13.6. The van der Waals surface area contributed by atoms with Crippen LogP contribution in [-0.4, -0.2) is 59.1 Å². The molecule has 2 aromatic rings. The number of nitrogens with one attached hydrogen (secondary N) is 2. The third-order valence-electron chi connectivity index (χ3n) is 6.96. The van der Waals surface area contributed by atoms with Crippen molar-refractivity contribution in [3.8, 4) is 0 Å². The zero-order valence-corrected chi connectivity index (χ0v) is 20.3. The zero-order chi connectivity index (χ0) is 26.6. The number of aryl methyl sites for hydroxylation is 2. The van der Waals surface area contributed by atoms with Gasteiger partial charge in [0.1, 0.15) is 17.7 Å². The summed E-state index contributed by atoms with van der Waals surface area (Å²) in [6.45, 7) is 2.94. The van der Waals surface area contributed by atoms with E-state index in [0.717, 1.165) is 63.3 Å². The molecule has 1 saturated heterocycles. The SMILES string of the molecule is O=C(NC(CCN1CCC(CCc2ccc3c(n2)NCCC3)C1)C(=O)O)c1cc(F)cc(C(F)(F)F)c1. The number of nitrogens with zero attached hydrogens (tertiary/aromatic N) is 2. The van der Waals surface area contributed by atoms with Crippen LogP contribution in [0.3, 0.4) is 0 Å². The van der Waals surface area contributed by atoms with Crippen molar-refractivity contribution in [2.24, 2.45) is 5.92 Å². The molecule has 4 rings (SSSR count). The van der Waals surface area contributed by atoms with E-state index in [1.165, 1.54) is 5.56 Å². The summed E-state index contributed by atoms with van der Waals surface area (Å²) in [6.07, 6.45) is 0.188. The molecule has 0 bridgehead atoms. The van der Waals surface area contributed by atoms with E-state index in [9.17, 15) is 32.3 Å². The van der Waals surface area contributed by atoms with Gasteiger partial charge in [-0.25, -0.2) is 14.2 Å². The second kappa shape index (κ2) is 11.5. The Morgan fingerprint density at radius 3 is 2.81 bits per heavy atom. The molecular weight excluding hydrogens is 492 g/mol. The van der Waals surface area contributed by atoms with Crippen LogP contribution in [0, 0.1) is 11.7 Å². The van der Waals surface area contributed by atoms with Crippen LogP contribution in [0.2, 0.25) is 0 Å². The monoisotopic (exact) mass is 522 g/mol. The molecule has 1 aromatic heterocycles. The first-order chi connectivity index (χ1) is 17.6. The van der Waals surface area contributed by atoms with Gasteiger partial charge >= 0.3 is 12.1 Å². The Morgan fingerprint density at radius 1 is 1.24 bits per heavy atom. The summed E-state index contributed by atoms with van der Waals surface area (Å²) in [7, 11) is 0. The Labute approximate surface area is 212 Å². The van der Waals surface area contributed by atoms with Gasteiger partial charge in [-0.2, -0.15) is 13.2 Å². The Bertz CT molecular complexity index is 1140. The third-order valence-corrected chi connectivity index (χ3v) is 6.96. The molecular formula is C26H30F4N4O3. The second-order valence-electron chi connectivity index (χ2n) is 9.71. The summed E-state index contributed by atoms with van der Waals surface area (Å²) in [4.78, 5) is 31.0. The van der Waals surface area contributed by atoms with Crippen LogP contribution in [-0.2, 0) is 23.8 Å². The first-order valence-electron chi connectivity index (χ1n) is 12.4. The van der Waals surface area contributed by atoms with Gasteiger partial charge in [0, 0.05) is 30.9 Å².